The van der Waals surface area contributed by atoms with E-state index in [9.17, 15) is 5.26 Å². The summed E-state index contributed by atoms with van der Waals surface area (Å²) < 4.78 is 0. The zero-order chi connectivity index (χ0) is 14.7. The number of nitrogens with zero attached hydrogens (tertiary/aromatic N) is 2. The molecule has 1 heterocycles. The van der Waals surface area contributed by atoms with Gasteiger partial charge in [0.25, 0.3) is 0 Å². The molecule has 1 aliphatic heterocycles. The summed E-state index contributed by atoms with van der Waals surface area (Å²) in [5.74, 6) is 0. The van der Waals surface area contributed by atoms with Gasteiger partial charge < -0.3 is 4.90 Å². The number of hydrogen-bond donors (Lipinski definition) is 0. The van der Waals surface area contributed by atoms with Crippen molar-refractivity contribution < 1.29 is 0 Å². The lowest BCUT2D eigenvalue weighted by Gasteiger charge is -2.25. The van der Waals surface area contributed by atoms with Gasteiger partial charge in [0.2, 0.25) is 0 Å². The van der Waals surface area contributed by atoms with Gasteiger partial charge in [0.05, 0.1) is 11.6 Å². The zero-order valence-corrected chi connectivity index (χ0v) is 12.7. The van der Waals surface area contributed by atoms with Gasteiger partial charge in [-0.25, -0.2) is 0 Å². The summed E-state index contributed by atoms with van der Waals surface area (Å²) in [5.41, 5.74) is 3.14. The van der Waals surface area contributed by atoms with Crippen LogP contribution in [-0.2, 0) is 0 Å². The fourth-order valence-corrected chi connectivity index (χ4v) is 1.98. The molecule has 2 heteroatoms. The summed E-state index contributed by atoms with van der Waals surface area (Å²) in [6.07, 6.45) is 9.55. The Hall–Kier alpha value is -1.59. The summed E-state index contributed by atoms with van der Waals surface area (Å²) in [7, 11) is 2.12. The lowest BCUT2D eigenvalue weighted by Crippen LogP contribution is -2.27. The molecule has 1 aliphatic rings. The normalized spacial score (nSPS) is 16.6. The molecule has 0 aromatic rings. The van der Waals surface area contributed by atoms with Gasteiger partial charge in [0.1, 0.15) is 0 Å². The molecule has 0 unspecified atom stereocenters. The molecule has 1 fully saturated rings. The highest BCUT2D eigenvalue weighted by atomic mass is 15.1. The van der Waals surface area contributed by atoms with Crippen molar-refractivity contribution in [3.63, 3.8) is 0 Å². The first-order valence-electron chi connectivity index (χ1n) is 6.99. The van der Waals surface area contributed by atoms with Crippen LogP contribution in [0.4, 0.5) is 0 Å². The number of likely N-dealkylation sites (tertiary alicyclic amines) is 1. The van der Waals surface area contributed by atoms with Crippen LogP contribution in [0.5, 0.6) is 0 Å². The van der Waals surface area contributed by atoms with Crippen LogP contribution in [-0.4, -0.2) is 25.0 Å². The molecule has 2 nitrogen and oxygen atoms in total. The summed E-state index contributed by atoms with van der Waals surface area (Å²) in [5, 5.41) is 9.32. The Balaban J connectivity index is 0.00000154. The number of nitriles is 1. The first-order valence-corrected chi connectivity index (χ1v) is 6.99. The Bertz CT molecular complexity index is 395. The topological polar surface area (TPSA) is 27.0 Å². The number of piperidine rings is 1. The molecule has 0 spiro atoms. The average Bonchev–Trinajstić information content (AvgIpc) is 2.47. The summed E-state index contributed by atoms with van der Waals surface area (Å²) in [6, 6.07) is 2.35. The van der Waals surface area contributed by atoms with Crippen LogP contribution in [0.2, 0.25) is 0 Å². The molecule has 0 aromatic heterocycles. The molecule has 0 N–H and O–H groups in total. The van der Waals surface area contributed by atoms with E-state index < -0.39 is 0 Å². The Morgan fingerprint density at radius 2 is 1.89 bits per heavy atom. The summed E-state index contributed by atoms with van der Waals surface area (Å²) >= 11 is 0. The van der Waals surface area contributed by atoms with Gasteiger partial charge in [-0.2, -0.15) is 5.26 Å². The van der Waals surface area contributed by atoms with E-state index >= 15 is 0 Å². The molecule has 1 saturated heterocycles. The van der Waals surface area contributed by atoms with Gasteiger partial charge in [-0.3, -0.25) is 0 Å². The van der Waals surface area contributed by atoms with Crippen molar-refractivity contribution in [3.05, 3.63) is 47.6 Å². The molecule has 0 amide bonds. The molecular weight excluding hydrogens is 232 g/mol. The predicted octanol–water partition coefficient (Wildman–Crippen LogP) is 4.25. The third-order valence-corrected chi connectivity index (χ3v) is 3.07. The van der Waals surface area contributed by atoms with Crippen molar-refractivity contribution in [2.75, 3.05) is 20.1 Å². The largest absolute Gasteiger partial charge is 0.306 e. The molecule has 19 heavy (non-hydrogen) atoms. The van der Waals surface area contributed by atoms with E-state index in [0.29, 0.717) is 0 Å². The van der Waals surface area contributed by atoms with Crippen LogP contribution in [0.25, 0.3) is 0 Å². The highest BCUT2D eigenvalue weighted by molar-refractivity contribution is 5.51. The van der Waals surface area contributed by atoms with E-state index in [0.717, 1.165) is 37.1 Å². The second-order valence-corrected chi connectivity index (χ2v) is 4.23. The van der Waals surface area contributed by atoms with Crippen molar-refractivity contribution in [2.45, 2.75) is 33.6 Å². The van der Waals surface area contributed by atoms with Gasteiger partial charge in [0, 0.05) is 13.1 Å². The maximum Gasteiger partial charge on any atom is 0.0997 e. The van der Waals surface area contributed by atoms with Crippen LogP contribution in [0.1, 0.15) is 33.6 Å². The van der Waals surface area contributed by atoms with Crippen molar-refractivity contribution in [3.8, 4) is 6.07 Å². The van der Waals surface area contributed by atoms with Crippen molar-refractivity contribution in [1.29, 1.82) is 5.26 Å². The molecule has 0 aromatic carbocycles. The van der Waals surface area contributed by atoms with E-state index in [1.807, 2.05) is 39.0 Å². The van der Waals surface area contributed by atoms with E-state index in [4.69, 9.17) is 0 Å². The van der Waals surface area contributed by atoms with Gasteiger partial charge in [0.15, 0.2) is 0 Å². The van der Waals surface area contributed by atoms with Crippen LogP contribution in [0.15, 0.2) is 47.6 Å². The minimum absolute atomic E-state index is 0.846. The highest BCUT2D eigenvalue weighted by Gasteiger charge is 2.15. The van der Waals surface area contributed by atoms with E-state index in [-0.39, 0.29) is 0 Å². The maximum absolute atomic E-state index is 9.32. The van der Waals surface area contributed by atoms with Gasteiger partial charge in [-0.1, -0.05) is 44.7 Å². The second-order valence-electron chi connectivity index (χ2n) is 4.23. The number of hydrogen-bond acceptors (Lipinski definition) is 2. The molecular formula is C17H26N2. The molecule has 0 saturated carbocycles. The lowest BCUT2D eigenvalue weighted by molar-refractivity contribution is 0.312. The van der Waals surface area contributed by atoms with E-state index in [2.05, 4.69) is 24.6 Å². The Labute approximate surface area is 118 Å². The van der Waals surface area contributed by atoms with Crippen LogP contribution in [0, 0.1) is 11.3 Å². The fraction of sp³-hybridized carbons (Fsp3) is 0.471. The Morgan fingerprint density at radius 1 is 1.32 bits per heavy atom. The number of allylic oxidation sites excluding steroid dienone is 6. The molecule has 104 valence electrons. The van der Waals surface area contributed by atoms with E-state index in [1.54, 1.807) is 6.08 Å². The standard InChI is InChI=1S/C15H20N2.C2H6/c1-4-6-7-13(5-2)15(12-16)14-8-10-17(3)11-9-14;1-2/h4-7H,1,8-11H2,2-3H3;1-2H3/b7-6-,13-5+;. The second kappa shape index (κ2) is 10.3. The zero-order valence-electron chi connectivity index (χ0n) is 12.7. The lowest BCUT2D eigenvalue weighted by atomic mass is 9.93. The monoisotopic (exact) mass is 258 g/mol. The average molecular weight is 258 g/mol. The van der Waals surface area contributed by atoms with Gasteiger partial charge >= 0.3 is 0 Å². The SMILES string of the molecule is C=C/C=C\C(=C/C)C(C#N)=C1CCN(C)CC1.CC. The van der Waals surface area contributed by atoms with Crippen LogP contribution < -0.4 is 0 Å². The molecule has 0 atom stereocenters. The smallest absolute Gasteiger partial charge is 0.0997 e. The summed E-state index contributed by atoms with van der Waals surface area (Å²) in [6.45, 7) is 11.7. The molecule has 0 bridgehead atoms. The first kappa shape index (κ1) is 17.4. The van der Waals surface area contributed by atoms with Crippen molar-refractivity contribution in [1.82, 2.24) is 4.90 Å². The number of rotatable bonds is 3. The van der Waals surface area contributed by atoms with Crippen molar-refractivity contribution >= 4 is 0 Å². The third kappa shape index (κ3) is 5.72. The van der Waals surface area contributed by atoms with Crippen LogP contribution in [0.3, 0.4) is 0 Å². The van der Waals surface area contributed by atoms with E-state index in [1.165, 1.54) is 5.57 Å². The quantitative estimate of drug-likeness (QED) is 0.559. The third-order valence-electron chi connectivity index (χ3n) is 3.07. The minimum Gasteiger partial charge on any atom is -0.306 e. The van der Waals surface area contributed by atoms with Crippen molar-refractivity contribution in [2.24, 2.45) is 0 Å². The van der Waals surface area contributed by atoms with Gasteiger partial charge in [-0.15, -0.1) is 0 Å². The predicted molar refractivity (Wildman–Crippen MR) is 83.8 cm³/mol. The summed E-state index contributed by atoms with van der Waals surface area (Å²) in [4.78, 5) is 2.30. The first-order chi connectivity index (χ1) is 9.22. The van der Waals surface area contributed by atoms with Gasteiger partial charge in [-0.05, 0) is 38.0 Å². The minimum atomic E-state index is 0.846. The Morgan fingerprint density at radius 3 is 2.32 bits per heavy atom. The Kier molecular flexibility index (Phi) is 9.48. The maximum atomic E-state index is 9.32. The molecule has 1 rings (SSSR count). The molecule has 0 radical (unpaired) electrons. The highest BCUT2D eigenvalue weighted by Crippen LogP contribution is 2.24. The fourth-order valence-electron chi connectivity index (χ4n) is 1.98. The molecule has 0 aliphatic carbocycles. The van der Waals surface area contributed by atoms with Crippen LogP contribution >= 0.6 is 0 Å².